The Morgan fingerprint density at radius 2 is 1.61 bits per heavy atom. The molecular formula is C27H24N4O5. The molecule has 9 nitrogen and oxygen atoms in total. The normalized spacial score (nSPS) is 11.1. The fraction of sp³-hybridized carbons (Fsp3) is 0.148. The molecule has 1 amide bonds. The van der Waals surface area contributed by atoms with Crippen LogP contribution in [-0.4, -0.2) is 33.8 Å². The van der Waals surface area contributed by atoms with E-state index in [1.165, 1.54) is 11.7 Å². The minimum atomic E-state index is -0.621. The van der Waals surface area contributed by atoms with Crippen molar-refractivity contribution in [3.63, 3.8) is 0 Å². The Balaban J connectivity index is 1.77. The second-order valence-corrected chi connectivity index (χ2v) is 8.23. The number of methoxy groups -OCH3 is 2. The fourth-order valence-corrected chi connectivity index (χ4v) is 4.49. The number of nitrogens with one attached hydrogen (secondary N) is 1. The van der Waals surface area contributed by atoms with Gasteiger partial charge in [0.15, 0.2) is 0 Å². The predicted octanol–water partition coefficient (Wildman–Crippen LogP) is 3.30. The van der Waals surface area contributed by atoms with Gasteiger partial charge in [-0.2, -0.15) is 0 Å². The molecule has 182 valence electrons. The quantitative estimate of drug-likeness (QED) is 0.399. The van der Waals surface area contributed by atoms with Gasteiger partial charge >= 0.3 is 5.69 Å². The van der Waals surface area contributed by atoms with Gasteiger partial charge in [-0.15, -0.1) is 0 Å². The molecule has 36 heavy (non-hydrogen) atoms. The summed E-state index contributed by atoms with van der Waals surface area (Å²) in [6.45, 7) is -0.323. The average molecular weight is 485 g/mol. The van der Waals surface area contributed by atoms with Gasteiger partial charge in [0.1, 0.15) is 23.6 Å². The summed E-state index contributed by atoms with van der Waals surface area (Å²) in [6, 6.07) is 21.0. The summed E-state index contributed by atoms with van der Waals surface area (Å²) in [5.41, 5.74) is 1.19. The molecule has 0 aliphatic rings. The van der Waals surface area contributed by atoms with Gasteiger partial charge in [-0.05, 0) is 42.5 Å². The van der Waals surface area contributed by atoms with Crippen molar-refractivity contribution in [1.82, 2.24) is 13.7 Å². The topological polar surface area (TPSA) is 96.5 Å². The molecule has 0 aliphatic heterocycles. The molecule has 0 radical (unpaired) electrons. The van der Waals surface area contributed by atoms with Crippen molar-refractivity contribution >= 4 is 33.5 Å². The molecule has 5 aromatic rings. The van der Waals surface area contributed by atoms with E-state index >= 15 is 0 Å². The lowest BCUT2D eigenvalue weighted by molar-refractivity contribution is -0.116. The van der Waals surface area contributed by atoms with Crippen molar-refractivity contribution in [2.24, 2.45) is 7.05 Å². The van der Waals surface area contributed by atoms with E-state index < -0.39 is 17.2 Å². The molecule has 3 aromatic carbocycles. The number of hydrogen-bond donors (Lipinski definition) is 1. The van der Waals surface area contributed by atoms with Crippen LogP contribution in [0.2, 0.25) is 0 Å². The van der Waals surface area contributed by atoms with E-state index in [-0.39, 0.29) is 6.54 Å². The molecule has 2 aromatic heterocycles. The Kier molecular flexibility index (Phi) is 5.81. The van der Waals surface area contributed by atoms with Crippen molar-refractivity contribution in [3.8, 4) is 17.2 Å². The number of amides is 1. The number of aryl methyl sites for hydroxylation is 1. The van der Waals surface area contributed by atoms with Crippen molar-refractivity contribution in [2.75, 3.05) is 19.5 Å². The van der Waals surface area contributed by atoms with Crippen LogP contribution in [0.1, 0.15) is 0 Å². The summed E-state index contributed by atoms with van der Waals surface area (Å²) in [6.07, 6.45) is 0. The lowest BCUT2D eigenvalue weighted by atomic mass is 10.2. The van der Waals surface area contributed by atoms with Crippen molar-refractivity contribution in [3.05, 3.63) is 93.6 Å². The summed E-state index contributed by atoms with van der Waals surface area (Å²) in [5.74, 6) is 0.619. The second kappa shape index (κ2) is 9.10. The molecule has 1 N–H and O–H groups in total. The highest BCUT2D eigenvalue weighted by Crippen LogP contribution is 2.29. The SMILES string of the molecule is COc1ccc2c(c1)c1c(c(=O)n(-c3ccccc3)c(=O)n1CC(=O)Nc1ccccc1OC)n2C. The van der Waals surface area contributed by atoms with Gasteiger partial charge in [0.25, 0.3) is 5.56 Å². The number of fused-ring (bicyclic) bond motifs is 3. The Labute approximate surface area is 205 Å². The summed E-state index contributed by atoms with van der Waals surface area (Å²) >= 11 is 0. The average Bonchev–Trinajstić information content (AvgIpc) is 3.19. The molecule has 2 heterocycles. The molecule has 0 aliphatic carbocycles. The third-order valence-corrected chi connectivity index (χ3v) is 6.17. The number of para-hydroxylation sites is 3. The zero-order chi connectivity index (χ0) is 25.4. The van der Waals surface area contributed by atoms with Gasteiger partial charge in [0, 0.05) is 12.4 Å². The molecule has 0 saturated heterocycles. The highest BCUT2D eigenvalue weighted by Gasteiger charge is 2.23. The van der Waals surface area contributed by atoms with Crippen LogP contribution in [0.3, 0.4) is 0 Å². The molecular weight excluding hydrogens is 460 g/mol. The number of aromatic nitrogens is 3. The van der Waals surface area contributed by atoms with Gasteiger partial charge in [0.2, 0.25) is 5.91 Å². The van der Waals surface area contributed by atoms with Crippen LogP contribution in [-0.2, 0) is 18.4 Å². The number of benzene rings is 3. The minimum Gasteiger partial charge on any atom is -0.497 e. The van der Waals surface area contributed by atoms with Gasteiger partial charge in [-0.25, -0.2) is 9.36 Å². The van der Waals surface area contributed by atoms with Crippen LogP contribution in [0.4, 0.5) is 5.69 Å². The number of anilines is 1. The Morgan fingerprint density at radius 3 is 2.33 bits per heavy atom. The lowest BCUT2D eigenvalue weighted by Gasteiger charge is -2.14. The highest BCUT2D eigenvalue weighted by molar-refractivity contribution is 6.07. The second-order valence-electron chi connectivity index (χ2n) is 8.23. The van der Waals surface area contributed by atoms with Crippen LogP contribution in [0.25, 0.3) is 27.6 Å². The maximum atomic E-state index is 13.8. The Morgan fingerprint density at radius 1 is 0.889 bits per heavy atom. The first-order chi connectivity index (χ1) is 17.4. The standard InChI is InChI=1S/C27H24N4O5/c1-29-21-14-13-18(35-2)15-19(21)24-25(29)26(33)31(17-9-5-4-6-10-17)27(34)30(24)16-23(32)28-20-11-7-8-12-22(20)36-3/h4-15H,16H2,1-3H3,(H,28,32). The maximum Gasteiger partial charge on any atom is 0.336 e. The summed E-state index contributed by atoms with van der Waals surface area (Å²) in [7, 11) is 4.82. The van der Waals surface area contributed by atoms with Crippen LogP contribution in [0, 0.1) is 0 Å². The van der Waals surface area contributed by atoms with Crippen molar-refractivity contribution in [1.29, 1.82) is 0 Å². The molecule has 0 fully saturated rings. The third kappa shape index (κ3) is 3.70. The lowest BCUT2D eigenvalue weighted by Crippen LogP contribution is -2.41. The predicted molar refractivity (Wildman–Crippen MR) is 138 cm³/mol. The number of carbonyl (C=O) groups excluding carboxylic acids is 1. The smallest absolute Gasteiger partial charge is 0.336 e. The van der Waals surface area contributed by atoms with Gasteiger partial charge in [-0.3, -0.25) is 14.2 Å². The van der Waals surface area contributed by atoms with Crippen molar-refractivity contribution in [2.45, 2.75) is 6.54 Å². The minimum absolute atomic E-state index is 0.298. The monoisotopic (exact) mass is 484 g/mol. The molecule has 0 bridgehead atoms. The zero-order valence-corrected chi connectivity index (χ0v) is 20.0. The number of nitrogens with zero attached hydrogens (tertiary/aromatic N) is 3. The maximum absolute atomic E-state index is 13.8. The van der Waals surface area contributed by atoms with E-state index in [1.54, 1.807) is 85.5 Å². The Hall–Kier alpha value is -4.79. The van der Waals surface area contributed by atoms with E-state index in [4.69, 9.17) is 9.47 Å². The highest BCUT2D eigenvalue weighted by atomic mass is 16.5. The number of hydrogen-bond acceptors (Lipinski definition) is 5. The molecule has 5 rings (SSSR count). The Bertz CT molecular complexity index is 1730. The molecule has 0 unspecified atom stereocenters. The third-order valence-electron chi connectivity index (χ3n) is 6.17. The molecule has 9 heteroatoms. The summed E-state index contributed by atoms with van der Waals surface area (Å²) in [4.78, 5) is 40.7. The number of carbonyl (C=O) groups is 1. The molecule has 0 saturated carbocycles. The van der Waals surface area contributed by atoms with E-state index in [0.717, 1.165) is 10.1 Å². The fourth-order valence-electron chi connectivity index (χ4n) is 4.49. The zero-order valence-electron chi connectivity index (χ0n) is 20.0. The summed E-state index contributed by atoms with van der Waals surface area (Å²) < 4.78 is 14.9. The molecule has 0 spiro atoms. The van der Waals surface area contributed by atoms with Gasteiger partial charge < -0.3 is 19.4 Å². The van der Waals surface area contributed by atoms with Crippen LogP contribution in [0.5, 0.6) is 11.5 Å². The first kappa shape index (κ1) is 23.0. The van der Waals surface area contributed by atoms with Gasteiger partial charge in [-0.1, -0.05) is 30.3 Å². The van der Waals surface area contributed by atoms with E-state index in [2.05, 4.69) is 5.32 Å². The number of rotatable bonds is 6. The molecule has 0 atom stereocenters. The van der Waals surface area contributed by atoms with E-state index in [9.17, 15) is 14.4 Å². The largest absolute Gasteiger partial charge is 0.497 e. The number of ether oxygens (including phenoxy) is 2. The van der Waals surface area contributed by atoms with Crippen LogP contribution in [0.15, 0.2) is 82.4 Å². The summed E-state index contributed by atoms with van der Waals surface area (Å²) in [5, 5.41) is 3.44. The van der Waals surface area contributed by atoms with E-state index in [1.807, 2.05) is 6.07 Å². The van der Waals surface area contributed by atoms with Crippen LogP contribution >= 0.6 is 0 Å². The van der Waals surface area contributed by atoms with Gasteiger partial charge in [0.05, 0.1) is 36.6 Å². The van der Waals surface area contributed by atoms with E-state index in [0.29, 0.717) is 39.3 Å². The van der Waals surface area contributed by atoms with Crippen molar-refractivity contribution < 1.29 is 14.3 Å². The van der Waals surface area contributed by atoms with Crippen LogP contribution < -0.4 is 26.0 Å². The first-order valence-electron chi connectivity index (χ1n) is 11.2. The first-order valence-corrected chi connectivity index (χ1v) is 11.2.